The minimum absolute atomic E-state index is 0.0158. The maximum Gasteiger partial charge on any atom is 0.326 e. The van der Waals surface area contributed by atoms with E-state index in [1.807, 2.05) is 0 Å². The third-order valence-electron chi connectivity index (χ3n) is 12.1. The number of amides is 1. The predicted molar refractivity (Wildman–Crippen MR) is 253 cm³/mol. The summed E-state index contributed by atoms with van der Waals surface area (Å²) in [6.45, 7) is 4.97. The van der Waals surface area contributed by atoms with Gasteiger partial charge in [0.1, 0.15) is 12.1 Å². The minimum atomic E-state index is -1.00. The number of ether oxygens (including phenoxy) is 1. The Balaban J connectivity index is 4.18. The number of carbonyl (C=O) groups is 3. The zero-order chi connectivity index (χ0) is 43.1. The third-order valence-corrected chi connectivity index (χ3v) is 12.1. The molecule has 0 aliphatic rings. The number of nitrogens with one attached hydrogen (secondary N) is 1. The highest BCUT2D eigenvalue weighted by atomic mass is 16.5. The zero-order valence-corrected chi connectivity index (χ0v) is 39.4. The SMILES string of the molecule is CCCCCCCCCC/C=C\CCCCCCCCCCCC(=O)OC(CCCCCCCCCCCCCC)CCCCCCCC(=O)NC(CCCN)C(=O)O. The van der Waals surface area contributed by atoms with Crippen LogP contribution in [0.15, 0.2) is 12.2 Å². The predicted octanol–water partition coefficient (Wildman–Crippen LogP) is 15.4. The largest absolute Gasteiger partial charge is 0.480 e. The fraction of sp³-hybridized carbons (Fsp3) is 0.904. The quantitative estimate of drug-likeness (QED) is 0.0319. The molecule has 59 heavy (non-hydrogen) atoms. The molecule has 348 valence electrons. The summed E-state index contributed by atoms with van der Waals surface area (Å²) in [7, 11) is 0. The first-order valence-corrected chi connectivity index (χ1v) is 26.0. The van der Waals surface area contributed by atoms with Crippen molar-refractivity contribution in [2.75, 3.05) is 6.54 Å². The highest BCUT2D eigenvalue weighted by Gasteiger charge is 2.19. The first kappa shape index (κ1) is 57.1. The van der Waals surface area contributed by atoms with Gasteiger partial charge in [0.25, 0.3) is 0 Å². The smallest absolute Gasteiger partial charge is 0.326 e. The molecule has 0 aromatic carbocycles. The van der Waals surface area contributed by atoms with Gasteiger partial charge >= 0.3 is 11.9 Å². The van der Waals surface area contributed by atoms with Gasteiger partial charge in [0.05, 0.1) is 0 Å². The maximum atomic E-state index is 12.9. The summed E-state index contributed by atoms with van der Waals surface area (Å²) in [5.41, 5.74) is 5.50. The lowest BCUT2D eigenvalue weighted by Crippen LogP contribution is -2.40. The minimum Gasteiger partial charge on any atom is -0.480 e. The number of allylic oxidation sites excluding steroid dienone is 2. The Morgan fingerprint density at radius 1 is 0.475 bits per heavy atom. The number of carbonyl (C=O) groups excluding carboxylic acids is 2. The summed E-state index contributed by atoms with van der Waals surface area (Å²) < 4.78 is 6.09. The van der Waals surface area contributed by atoms with Gasteiger partial charge in [-0.15, -0.1) is 0 Å². The number of hydrogen-bond acceptors (Lipinski definition) is 5. The van der Waals surface area contributed by atoms with Crippen LogP contribution in [0.4, 0.5) is 0 Å². The van der Waals surface area contributed by atoms with E-state index in [1.165, 1.54) is 180 Å². The van der Waals surface area contributed by atoms with E-state index < -0.39 is 12.0 Å². The van der Waals surface area contributed by atoms with Crippen molar-refractivity contribution < 1.29 is 24.2 Å². The van der Waals surface area contributed by atoms with Crippen LogP contribution in [-0.2, 0) is 19.1 Å². The Labute approximate surface area is 366 Å². The molecule has 4 N–H and O–H groups in total. The van der Waals surface area contributed by atoms with Crippen molar-refractivity contribution in [2.45, 2.75) is 296 Å². The molecule has 2 atom stereocenters. The van der Waals surface area contributed by atoms with Crippen LogP contribution in [-0.4, -0.2) is 41.6 Å². The lowest BCUT2D eigenvalue weighted by atomic mass is 10.0. The summed E-state index contributed by atoms with van der Waals surface area (Å²) >= 11 is 0. The number of carboxylic acids is 1. The van der Waals surface area contributed by atoms with Crippen LogP contribution in [0, 0.1) is 0 Å². The number of aliphatic carboxylic acids is 1. The monoisotopic (exact) mass is 833 g/mol. The average molecular weight is 833 g/mol. The number of carboxylic acid groups (broad SMARTS) is 1. The van der Waals surface area contributed by atoms with Gasteiger partial charge in [0, 0.05) is 12.8 Å². The molecule has 0 aliphatic heterocycles. The van der Waals surface area contributed by atoms with Crippen LogP contribution in [0.25, 0.3) is 0 Å². The molecule has 1 amide bonds. The standard InChI is InChI=1S/C52H100N2O5/c1-3-5-7-9-11-13-15-17-18-19-20-21-22-23-24-25-27-29-31-36-40-46-51(56)59-48(42-37-33-30-28-26-16-14-12-10-8-6-4-2)43-38-34-32-35-39-45-50(55)54-49(52(57)58)44-41-47-53/h19-20,48-49H,3-18,21-47,53H2,1-2H3,(H,54,55)(H,57,58)/b20-19-. The Morgan fingerprint density at radius 2 is 0.831 bits per heavy atom. The van der Waals surface area contributed by atoms with E-state index in [9.17, 15) is 19.5 Å². The molecule has 0 saturated heterocycles. The third kappa shape index (κ3) is 44.0. The second kappa shape index (κ2) is 47.2. The van der Waals surface area contributed by atoms with Crippen molar-refractivity contribution in [3.05, 3.63) is 12.2 Å². The fourth-order valence-electron chi connectivity index (χ4n) is 8.15. The van der Waals surface area contributed by atoms with Gasteiger partial charge in [-0.3, -0.25) is 9.59 Å². The van der Waals surface area contributed by atoms with E-state index >= 15 is 0 Å². The van der Waals surface area contributed by atoms with E-state index in [-0.39, 0.29) is 18.0 Å². The van der Waals surface area contributed by atoms with Gasteiger partial charge in [-0.2, -0.15) is 0 Å². The second-order valence-electron chi connectivity index (χ2n) is 17.9. The van der Waals surface area contributed by atoms with Crippen LogP contribution >= 0.6 is 0 Å². The fourth-order valence-corrected chi connectivity index (χ4v) is 8.15. The van der Waals surface area contributed by atoms with Gasteiger partial charge in [-0.05, 0) is 83.6 Å². The molecule has 0 saturated carbocycles. The van der Waals surface area contributed by atoms with E-state index in [0.29, 0.717) is 32.2 Å². The zero-order valence-electron chi connectivity index (χ0n) is 39.4. The number of nitrogens with two attached hydrogens (primary N) is 1. The average Bonchev–Trinajstić information content (AvgIpc) is 3.22. The first-order valence-electron chi connectivity index (χ1n) is 26.0. The summed E-state index contributed by atoms with van der Waals surface area (Å²) in [4.78, 5) is 36.5. The van der Waals surface area contributed by atoms with Crippen molar-refractivity contribution in [2.24, 2.45) is 5.73 Å². The Kier molecular flexibility index (Phi) is 45.7. The highest BCUT2D eigenvalue weighted by Crippen LogP contribution is 2.20. The van der Waals surface area contributed by atoms with Crippen molar-refractivity contribution in [3.63, 3.8) is 0 Å². The van der Waals surface area contributed by atoms with Gasteiger partial charge in [0.15, 0.2) is 0 Å². The molecule has 0 aromatic heterocycles. The van der Waals surface area contributed by atoms with Gasteiger partial charge in [0.2, 0.25) is 5.91 Å². The molecular formula is C52H100N2O5. The normalized spacial score (nSPS) is 12.6. The molecule has 0 rings (SSSR count). The van der Waals surface area contributed by atoms with Crippen molar-refractivity contribution in [1.82, 2.24) is 5.32 Å². The highest BCUT2D eigenvalue weighted by molar-refractivity contribution is 5.83. The van der Waals surface area contributed by atoms with Crippen molar-refractivity contribution in [1.29, 1.82) is 0 Å². The molecule has 0 fully saturated rings. The Hall–Kier alpha value is -1.89. The molecule has 0 radical (unpaired) electrons. The van der Waals surface area contributed by atoms with Gasteiger partial charge in [-0.1, -0.05) is 206 Å². The molecule has 0 aromatic rings. The number of esters is 1. The van der Waals surface area contributed by atoms with Crippen LogP contribution in [0.2, 0.25) is 0 Å². The topological polar surface area (TPSA) is 119 Å². The van der Waals surface area contributed by atoms with Crippen LogP contribution in [0.3, 0.4) is 0 Å². The molecular weight excluding hydrogens is 733 g/mol. The van der Waals surface area contributed by atoms with Gasteiger partial charge in [-0.25, -0.2) is 4.79 Å². The molecule has 0 bridgehead atoms. The molecule has 7 heteroatoms. The van der Waals surface area contributed by atoms with E-state index in [2.05, 4.69) is 31.3 Å². The summed E-state index contributed by atoms with van der Waals surface area (Å²) in [5, 5.41) is 12.0. The molecule has 0 aliphatic carbocycles. The molecule has 0 spiro atoms. The second-order valence-corrected chi connectivity index (χ2v) is 17.9. The van der Waals surface area contributed by atoms with Crippen LogP contribution in [0.1, 0.15) is 284 Å². The Bertz CT molecular complexity index is 940. The number of unbranched alkanes of at least 4 members (excludes halogenated alkanes) is 32. The maximum absolute atomic E-state index is 12.9. The van der Waals surface area contributed by atoms with Crippen LogP contribution in [0.5, 0.6) is 0 Å². The van der Waals surface area contributed by atoms with Crippen molar-refractivity contribution in [3.8, 4) is 0 Å². The van der Waals surface area contributed by atoms with Gasteiger partial charge < -0.3 is 20.9 Å². The number of hydrogen-bond donors (Lipinski definition) is 3. The molecule has 0 heterocycles. The van der Waals surface area contributed by atoms with E-state index in [4.69, 9.17) is 10.5 Å². The van der Waals surface area contributed by atoms with Crippen LogP contribution < -0.4 is 11.1 Å². The molecule has 7 nitrogen and oxygen atoms in total. The molecule has 2 unspecified atom stereocenters. The summed E-state index contributed by atoms with van der Waals surface area (Å²) in [5.74, 6) is -1.21. The van der Waals surface area contributed by atoms with E-state index in [1.54, 1.807) is 0 Å². The lowest BCUT2D eigenvalue weighted by Gasteiger charge is -2.18. The lowest BCUT2D eigenvalue weighted by molar-refractivity contribution is -0.150. The Morgan fingerprint density at radius 3 is 1.22 bits per heavy atom. The number of rotatable bonds is 48. The summed E-state index contributed by atoms with van der Waals surface area (Å²) in [6, 6.07) is -0.854. The summed E-state index contributed by atoms with van der Waals surface area (Å²) in [6.07, 6.45) is 54.2. The van der Waals surface area contributed by atoms with Crippen molar-refractivity contribution >= 4 is 17.8 Å². The van der Waals surface area contributed by atoms with E-state index in [0.717, 1.165) is 64.2 Å². The first-order chi connectivity index (χ1) is 28.9.